The number of carbonyl (C=O) groups excluding carboxylic acids is 1. The number of halogens is 4. The summed E-state index contributed by atoms with van der Waals surface area (Å²) < 4.78 is 66.2. The van der Waals surface area contributed by atoms with Crippen LogP contribution in [0.2, 0.25) is 0 Å². The van der Waals surface area contributed by atoms with E-state index in [1.165, 1.54) is 0 Å². The summed E-state index contributed by atoms with van der Waals surface area (Å²) in [6.45, 7) is 2.35. The van der Waals surface area contributed by atoms with Crippen molar-refractivity contribution in [1.82, 2.24) is 30.2 Å². The molecule has 7 aliphatic rings. The number of nitrogens with zero attached hydrogens (tertiary/aromatic N) is 7. The maximum absolute atomic E-state index is 15.6. The van der Waals surface area contributed by atoms with Crippen LogP contribution in [0.15, 0.2) is 30.9 Å². The zero-order valence-corrected chi connectivity index (χ0v) is 30.6. The molecule has 5 aliphatic carbocycles. The molecule has 12 nitrogen and oxygen atoms in total. The van der Waals surface area contributed by atoms with Gasteiger partial charge in [0.05, 0.1) is 29.8 Å². The van der Waals surface area contributed by atoms with Crippen LogP contribution in [0.5, 0.6) is 5.88 Å². The van der Waals surface area contributed by atoms with Crippen molar-refractivity contribution in [2.75, 3.05) is 29.4 Å². The molecule has 3 unspecified atom stereocenters. The van der Waals surface area contributed by atoms with Crippen LogP contribution in [0.3, 0.4) is 0 Å². The van der Waals surface area contributed by atoms with Crippen LogP contribution in [0.4, 0.5) is 35.1 Å². The van der Waals surface area contributed by atoms with Gasteiger partial charge in [-0.25, -0.2) is 38.5 Å². The normalized spacial score (nSPS) is 29.7. The molecule has 292 valence electrons. The Morgan fingerprint density at radius 2 is 1.62 bits per heavy atom. The van der Waals surface area contributed by atoms with Crippen LogP contribution >= 0.6 is 0 Å². The Labute approximate surface area is 315 Å². The number of fused-ring (bicyclic) bond motifs is 2. The van der Waals surface area contributed by atoms with Gasteiger partial charge < -0.3 is 25.0 Å². The standard InChI is InChI=1S/C39H44F4N8O4/c1-36(41,42)31-27(32(52)49-39(33(53)54)23-11-22-12-24(39)16-38(43,14-22)15-23)19-47-35(48-31)51-21-37(7-3-2-4-8-37)28-13-30(44-20-29(28)51)55-26-5-9-50(10-6-26)34-45-17-25(40)18-46-34/h13,17-20,22-24,26H,2-12,14-16,21H2,1H3,(H,49,52)(H,53,54)/t22?,23-,24+,38?,39?. The van der Waals surface area contributed by atoms with Crippen molar-refractivity contribution in [1.29, 1.82) is 0 Å². The minimum Gasteiger partial charge on any atom is -0.479 e. The molecule has 0 radical (unpaired) electrons. The molecule has 1 spiro atoms. The smallest absolute Gasteiger partial charge is 0.330 e. The van der Waals surface area contributed by atoms with Crippen molar-refractivity contribution < 1.29 is 37.0 Å². The quantitative estimate of drug-likeness (QED) is 0.245. The van der Waals surface area contributed by atoms with Gasteiger partial charge in [0.25, 0.3) is 11.8 Å². The lowest BCUT2D eigenvalue weighted by Gasteiger charge is -2.61. The fraction of sp³-hybridized carbons (Fsp3) is 0.615. The second-order valence-electron chi connectivity index (χ2n) is 16.9. The summed E-state index contributed by atoms with van der Waals surface area (Å²) in [6.07, 6.45) is 12.4. The van der Waals surface area contributed by atoms with E-state index in [1.54, 1.807) is 11.1 Å². The number of pyridine rings is 1. The molecule has 2 aliphatic heterocycles. The summed E-state index contributed by atoms with van der Waals surface area (Å²) >= 11 is 0. The predicted molar refractivity (Wildman–Crippen MR) is 191 cm³/mol. The highest BCUT2D eigenvalue weighted by atomic mass is 19.3. The van der Waals surface area contributed by atoms with Gasteiger partial charge in [-0.2, -0.15) is 8.78 Å². The number of nitrogens with one attached hydrogen (secondary N) is 1. The van der Waals surface area contributed by atoms with Crippen LogP contribution in [-0.4, -0.2) is 78.8 Å². The van der Waals surface area contributed by atoms with Crippen molar-refractivity contribution in [3.63, 3.8) is 0 Å². The Bertz CT molecular complexity index is 1980. The van der Waals surface area contributed by atoms with E-state index in [-0.39, 0.29) is 36.2 Å². The van der Waals surface area contributed by atoms with E-state index in [1.807, 2.05) is 11.0 Å². The Morgan fingerprint density at radius 3 is 2.25 bits per heavy atom. The first-order chi connectivity index (χ1) is 26.3. The number of carbonyl (C=O) groups is 2. The highest BCUT2D eigenvalue weighted by Gasteiger charge is 2.67. The van der Waals surface area contributed by atoms with E-state index >= 15 is 13.2 Å². The third-order valence-electron chi connectivity index (χ3n) is 13.4. The average molecular weight is 765 g/mol. The van der Waals surface area contributed by atoms with E-state index in [0.717, 1.165) is 56.3 Å². The Kier molecular flexibility index (Phi) is 8.50. The molecule has 5 saturated carbocycles. The van der Waals surface area contributed by atoms with Crippen molar-refractivity contribution in [3.05, 3.63) is 53.5 Å². The highest BCUT2D eigenvalue weighted by molar-refractivity contribution is 5.99. The van der Waals surface area contributed by atoms with E-state index < -0.39 is 57.9 Å². The summed E-state index contributed by atoms with van der Waals surface area (Å²) in [5.41, 5.74) is -3.18. The van der Waals surface area contributed by atoms with Gasteiger partial charge in [0, 0.05) is 57.1 Å². The summed E-state index contributed by atoms with van der Waals surface area (Å²) in [5.74, 6) is -6.66. The first-order valence-electron chi connectivity index (χ1n) is 19.4. The minimum atomic E-state index is -3.58. The molecule has 1 saturated heterocycles. The Balaban J connectivity index is 0.981. The molecule has 55 heavy (non-hydrogen) atoms. The number of carboxylic acid groups (broad SMARTS) is 1. The van der Waals surface area contributed by atoms with Crippen LogP contribution < -0.4 is 19.9 Å². The van der Waals surface area contributed by atoms with Gasteiger partial charge >= 0.3 is 5.97 Å². The summed E-state index contributed by atoms with van der Waals surface area (Å²) in [5, 5.41) is 13.2. The third kappa shape index (κ3) is 6.14. The number of hydrogen-bond donors (Lipinski definition) is 2. The summed E-state index contributed by atoms with van der Waals surface area (Å²) in [7, 11) is 0. The molecule has 5 heterocycles. The molecule has 2 N–H and O–H groups in total. The molecule has 1 amide bonds. The maximum Gasteiger partial charge on any atom is 0.330 e. The number of alkyl halides is 3. The molecule has 16 heteroatoms. The number of aliphatic carboxylic acids is 1. The highest BCUT2D eigenvalue weighted by Crippen LogP contribution is 2.61. The van der Waals surface area contributed by atoms with Crippen molar-refractivity contribution in [3.8, 4) is 5.88 Å². The lowest BCUT2D eigenvalue weighted by atomic mass is 9.47. The topological polar surface area (TPSA) is 147 Å². The Hall–Kier alpha value is -4.63. The molecular formula is C39H44F4N8O4. The number of rotatable bonds is 8. The number of piperidine rings is 1. The lowest BCUT2D eigenvalue weighted by Crippen LogP contribution is -2.72. The molecule has 3 aromatic heterocycles. The fourth-order valence-corrected chi connectivity index (χ4v) is 11.0. The SMILES string of the molecule is CC(F)(F)c1nc(N2CC3(CCCCC3)c3cc(OC4CCN(c5ncc(F)cn5)CC4)ncc32)ncc1C(=O)NC1(C(=O)O)[C@@H]2CC3C[C@H]1CC(F)(C3)C2. The molecule has 6 fully saturated rings. The third-order valence-corrected chi connectivity index (χ3v) is 13.4. The predicted octanol–water partition coefficient (Wildman–Crippen LogP) is 6.42. The lowest BCUT2D eigenvalue weighted by molar-refractivity contribution is -0.174. The van der Waals surface area contributed by atoms with Crippen LogP contribution in [-0.2, 0) is 16.1 Å². The monoisotopic (exact) mass is 764 g/mol. The fourth-order valence-electron chi connectivity index (χ4n) is 11.0. The zero-order chi connectivity index (χ0) is 38.3. The van der Waals surface area contributed by atoms with Gasteiger partial charge in [-0.05, 0) is 68.3 Å². The van der Waals surface area contributed by atoms with E-state index in [2.05, 4.69) is 30.2 Å². The molecular weight excluding hydrogens is 720 g/mol. The number of ether oxygens (including phenoxy) is 1. The molecule has 4 bridgehead atoms. The van der Waals surface area contributed by atoms with E-state index in [9.17, 15) is 19.1 Å². The molecule has 3 aromatic rings. The van der Waals surface area contributed by atoms with Gasteiger partial charge in [0.1, 0.15) is 23.0 Å². The number of anilines is 3. The van der Waals surface area contributed by atoms with Crippen molar-refractivity contribution in [2.24, 2.45) is 17.8 Å². The van der Waals surface area contributed by atoms with E-state index in [0.29, 0.717) is 76.2 Å². The van der Waals surface area contributed by atoms with Crippen molar-refractivity contribution in [2.45, 2.75) is 113 Å². The minimum absolute atomic E-state index is 0.00966. The molecule has 0 aromatic carbocycles. The summed E-state index contributed by atoms with van der Waals surface area (Å²) in [4.78, 5) is 52.2. The average Bonchev–Trinajstić information content (AvgIpc) is 3.45. The summed E-state index contributed by atoms with van der Waals surface area (Å²) in [6, 6.07) is 1.95. The van der Waals surface area contributed by atoms with Gasteiger partial charge in [-0.3, -0.25) is 4.79 Å². The molecule has 5 atom stereocenters. The number of aromatic nitrogens is 5. The van der Waals surface area contributed by atoms with E-state index in [4.69, 9.17) is 4.74 Å². The van der Waals surface area contributed by atoms with Crippen LogP contribution in [0.1, 0.15) is 106 Å². The van der Waals surface area contributed by atoms with Gasteiger partial charge in [0.2, 0.25) is 17.8 Å². The largest absolute Gasteiger partial charge is 0.479 e. The first-order valence-corrected chi connectivity index (χ1v) is 19.4. The van der Waals surface area contributed by atoms with Gasteiger partial charge in [-0.1, -0.05) is 19.3 Å². The maximum atomic E-state index is 15.6. The number of amides is 1. The zero-order valence-electron chi connectivity index (χ0n) is 30.6. The van der Waals surface area contributed by atoms with Crippen LogP contribution in [0, 0.1) is 23.6 Å². The van der Waals surface area contributed by atoms with Gasteiger partial charge in [-0.15, -0.1) is 0 Å². The number of hydrogen-bond acceptors (Lipinski definition) is 10. The number of carboxylic acids is 1. The van der Waals surface area contributed by atoms with Gasteiger partial charge in [0.15, 0.2) is 5.82 Å². The first kappa shape index (κ1) is 36.0. The van der Waals surface area contributed by atoms with Crippen molar-refractivity contribution >= 4 is 29.5 Å². The molecule has 10 rings (SSSR count). The second kappa shape index (κ2) is 13.0. The Morgan fingerprint density at radius 1 is 0.945 bits per heavy atom. The second-order valence-corrected chi connectivity index (χ2v) is 16.9. The van der Waals surface area contributed by atoms with Crippen LogP contribution in [0.25, 0.3) is 0 Å².